The van der Waals surface area contributed by atoms with E-state index < -0.39 is 11.5 Å². The fraction of sp³-hybridized carbons (Fsp3) is 0.914. The quantitative estimate of drug-likeness (QED) is 0.284. The molecule has 0 aliphatic heterocycles. The molecule has 0 radical (unpaired) electrons. The number of likely N-dealkylation sites (N-methyl/N-ethyl adjacent to an activating group) is 1. The van der Waals surface area contributed by atoms with E-state index in [4.69, 9.17) is 0 Å². The Balaban J connectivity index is 1.69. The molecule has 39 heavy (non-hydrogen) atoms. The van der Waals surface area contributed by atoms with Crippen molar-refractivity contribution >= 4 is 5.97 Å². The molecule has 4 heteroatoms. The first-order valence-corrected chi connectivity index (χ1v) is 16.5. The van der Waals surface area contributed by atoms with E-state index >= 15 is 0 Å². The van der Waals surface area contributed by atoms with E-state index in [1.54, 1.807) is 0 Å². The summed E-state index contributed by atoms with van der Waals surface area (Å²) in [7, 11) is 8.46. The average molecular weight is 543 g/mol. The van der Waals surface area contributed by atoms with Gasteiger partial charge < -0.3 is 10.0 Å². The van der Waals surface area contributed by atoms with E-state index in [0.717, 1.165) is 48.9 Å². The molecule has 10 atom stereocenters. The minimum atomic E-state index is -0.837. The van der Waals surface area contributed by atoms with Gasteiger partial charge in [0.2, 0.25) is 0 Å². The van der Waals surface area contributed by atoms with Crippen LogP contribution in [0.15, 0.2) is 11.6 Å². The van der Waals surface area contributed by atoms with Gasteiger partial charge in [-0.05, 0) is 114 Å². The lowest BCUT2D eigenvalue weighted by molar-refractivity contribution is -0.167. The SMILES string of the molecule is CCCC1C(N(C)C)[C@@]2(C)C(=CC[C@H]3[C@@H]4CC[C@H]([C@H](C)CCCC(C)C)[C@@]4(C)CC[C@@H]32)C[C@]1(C(=O)O)N(C)C. The van der Waals surface area contributed by atoms with Gasteiger partial charge in [-0.25, -0.2) is 0 Å². The molecule has 3 saturated carbocycles. The number of rotatable bonds is 10. The highest BCUT2D eigenvalue weighted by atomic mass is 16.4. The van der Waals surface area contributed by atoms with Crippen LogP contribution in [0.3, 0.4) is 0 Å². The molecule has 0 aromatic carbocycles. The van der Waals surface area contributed by atoms with Gasteiger partial charge in [0.1, 0.15) is 5.54 Å². The van der Waals surface area contributed by atoms with Crippen LogP contribution in [0, 0.1) is 52.3 Å². The molecule has 4 aliphatic carbocycles. The van der Waals surface area contributed by atoms with Crippen LogP contribution in [0.25, 0.3) is 0 Å². The zero-order valence-electron chi connectivity index (χ0n) is 27.2. The molecule has 4 aliphatic rings. The van der Waals surface area contributed by atoms with Gasteiger partial charge in [0.15, 0.2) is 0 Å². The van der Waals surface area contributed by atoms with E-state index in [-0.39, 0.29) is 17.4 Å². The summed E-state index contributed by atoms with van der Waals surface area (Å²) in [5, 5.41) is 10.8. The van der Waals surface area contributed by atoms with Crippen molar-refractivity contribution in [2.45, 2.75) is 124 Å². The predicted molar refractivity (Wildman–Crippen MR) is 164 cm³/mol. The Morgan fingerprint density at radius 2 is 1.74 bits per heavy atom. The fourth-order valence-corrected chi connectivity index (χ4v) is 11.4. The fourth-order valence-electron chi connectivity index (χ4n) is 11.4. The van der Waals surface area contributed by atoms with Gasteiger partial charge >= 0.3 is 5.97 Å². The summed E-state index contributed by atoms with van der Waals surface area (Å²) < 4.78 is 0. The third-order valence-electron chi connectivity index (χ3n) is 13.1. The summed E-state index contributed by atoms with van der Waals surface area (Å²) in [5.74, 6) is 4.20. The van der Waals surface area contributed by atoms with Crippen LogP contribution in [0.5, 0.6) is 0 Å². The number of allylic oxidation sites excluding steroid dienone is 1. The number of aliphatic carboxylic acids is 1. The van der Waals surface area contributed by atoms with Crippen molar-refractivity contribution in [3.8, 4) is 0 Å². The molecule has 0 bridgehead atoms. The maximum atomic E-state index is 13.1. The second kappa shape index (κ2) is 11.4. The van der Waals surface area contributed by atoms with Crippen molar-refractivity contribution in [1.29, 1.82) is 0 Å². The molecule has 0 saturated heterocycles. The highest BCUT2D eigenvalue weighted by Crippen LogP contribution is 2.69. The Kier molecular flexibility index (Phi) is 9.10. The predicted octanol–water partition coefficient (Wildman–Crippen LogP) is 7.98. The van der Waals surface area contributed by atoms with E-state index in [1.165, 1.54) is 50.5 Å². The second-order valence-electron chi connectivity index (χ2n) is 15.8. The first-order valence-electron chi connectivity index (χ1n) is 16.5. The summed E-state index contributed by atoms with van der Waals surface area (Å²) in [6, 6.07) is 0.236. The Labute approximate surface area is 241 Å². The van der Waals surface area contributed by atoms with E-state index in [2.05, 4.69) is 71.5 Å². The van der Waals surface area contributed by atoms with E-state index in [9.17, 15) is 9.90 Å². The minimum Gasteiger partial charge on any atom is -0.480 e. The highest BCUT2D eigenvalue weighted by Gasteiger charge is 2.67. The van der Waals surface area contributed by atoms with Gasteiger partial charge in [0.25, 0.3) is 0 Å². The van der Waals surface area contributed by atoms with Crippen LogP contribution in [0.1, 0.15) is 112 Å². The van der Waals surface area contributed by atoms with E-state index in [0.29, 0.717) is 17.8 Å². The molecule has 0 spiro atoms. The number of carbonyl (C=O) groups is 1. The largest absolute Gasteiger partial charge is 0.480 e. The molecule has 1 N–H and O–H groups in total. The smallest absolute Gasteiger partial charge is 0.324 e. The summed E-state index contributed by atoms with van der Waals surface area (Å²) >= 11 is 0. The Bertz CT molecular complexity index is 910. The Morgan fingerprint density at radius 1 is 1.05 bits per heavy atom. The third kappa shape index (κ3) is 4.86. The number of carboxylic acid groups (broad SMARTS) is 1. The number of nitrogens with zero attached hydrogens (tertiary/aromatic N) is 2. The average Bonchev–Trinajstić information content (AvgIpc) is 3.20. The molecule has 4 nitrogen and oxygen atoms in total. The summed E-state index contributed by atoms with van der Waals surface area (Å²) in [6.45, 7) is 14.8. The summed E-state index contributed by atoms with van der Waals surface area (Å²) in [5.41, 5.74) is 1.13. The van der Waals surface area contributed by atoms with Crippen molar-refractivity contribution < 1.29 is 9.90 Å². The van der Waals surface area contributed by atoms with Crippen LogP contribution in [0.4, 0.5) is 0 Å². The molecular formula is C35H62N2O2. The number of carboxylic acids is 1. The van der Waals surface area contributed by atoms with Crippen LogP contribution >= 0.6 is 0 Å². The van der Waals surface area contributed by atoms with Gasteiger partial charge in [-0.3, -0.25) is 9.69 Å². The molecular weight excluding hydrogens is 480 g/mol. The zero-order valence-corrected chi connectivity index (χ0v) is 27.2. The first-order chi connectivity index (χ1) is 18.3. The Hall–Kier alpha value is -0.870. The molecule has 0 amide bonds. The van der Waals surface area contributed by atoms with Crippen molar-refractivity contribution in [3.63, 3.8) is 0 Å². The molecule has 2 unspecified atom stereocenters. The Morgan fingerprint density at radius 3 is 2.31 bits per heavy atom. The maximum absolute atomic E-state index is 13.1. The lowest BCUT2D eigenvalue weighted by Crippen LogP contribution is -2.71. The topological polar surface area (TPSA) is 43.8 Å². The monoisotopic (exact) mass is 542 g/mol. The number of fused-ring (bicyclic) bond motifs is 5. The third-order valence-corrected chi connectivity index (χ3v) is 13.1. The van der Waals surface area contributed by atoms with Crippen molar-refractivity contribution in [3.05, 3.63) is 11.6 Å². The van der Waals surface area contributed by atoms with Gasteiger partial charge in [-0.1, -0.05) is 78.9 Å². The lowest BCUT2D eigenvalue weighted by atomic mass is 9.43. The maximum Gasteiger partial charge on any atom is 0.324 e. The molecule has 0 heterocycles. The molecule has 3 fully saturated rings. The van der Waals surface area contributed by atoms with Gasteiger partial charge in [0, 0.05) is 17.4 Å². The van der Waals surface area contributed by atoms with Crippen LogP contribution in [-0.4, -0.2) is 60.6 Å². The van der Waals surface area contributed by atoms with Crippen molar-refractivity contribution in [1.82, 2.24) is 9.80 Å². The van der Waals surface area contributed by atoms with Crippen molar-refractivity contribution in [2.75, 3.05) is 28.2 Å². The molecule has 4 rings (SSSR count). The second-order valence-corrected chi connectivity index (χ2v) is 15.8. The molecule has 224 valence electrons. The van der Waals surface area contributed by atoms with Crippen LogP contribution in [-0.2, 0) is 4.79 Å². The summed E-state index contributed by atoms with van der Waals surface area (Å²) in [6.07, 6.45) is 16.0. The van der Waals surface area contributed by atoms with E-state index in [1.807, 2.05) is 14.1 Å². The molecule has 0 aromatic rings. The van der Waals surface area contributed by atoms with Crippen LogP contribution < -0.4 is 0 Å². The highest BCUT2D eigenvalue weighted by molar-refractivity contribution is 5.80. The van der Waals surface area contributed by atoms with Crippen molar-refractivity contribution in [2.24, 2.45) is 52.3 Å². The summed E-state index contributed by atoms with van der Waals surface area (Å²) in [4.78, 5) is 17.6. The zero-order chi connectivity index (χ0) is 28.9. The lowest BCUT2D eigenvalue weighted by Gasteiger charge is -2.66. The van der Waals surface area contributed by atoms with Gasteiger partial charge in [-0.2, -0.15) is 0 Å². The minimum absolute atomic E-state index is 0.0451. The van der Waals surface area contributed by atoms with Gasteiger partial charge in [-0.15, -0.1) is 0 Å². The van der Waals surface area contributed by atoms with Gasteiger partial charge in [0.05, 0.1) is 0 Å². The van der Waals surface area contributed by atoms with Crippen LogP contribution in [0.2, 0.25) is 0 Å². The first kappa shape index (κ1) is 31.1. The number of hydrogen-bond acceptors (Lipinski definition) is 3. The standard InChI is InChI=1S/C35H62N2O2/c1-11-13-30-31(36(7)8)34(6)25(22-35(30,32(38)39)37(9)10)16-17-26-28-19-18-27(24(4)15-12-14-23(2)3)33(28,5)21-20-29(26)34/h16,23-24,26-31H,11-15,17-22H2,1-10H3,(H,38,39)/t24-,26+,27-,28+,29+,30?,31?,33-,34+,35+/m1/s1. The normalized spacial score (nSPS) is 42.7. The number of hydrogen-bond donors (Lipinski definition) is 1. The molecule has 0 aromatic heterocycles.